The number of hydrogen-bond acceptors (Lipinski definition) is 8. The molecule has 0 radical (unpaired) electrons. The second-order valence-corrected chi connectivity index (χ2v) is 9.68. The fraction of sp³-hybridized carbons (Fsp3) is 0.526. The van der Waals surface area contributed by atoms with Crippen molar-refractivity contribution in [2.24, 2.45) is 0 Å². The van der Waals surface area contributed by atoms with Crippen LogP contribution >= 0.6 is 0 Å². The molecule has 3 aromatic rings. The van der Waals surface area contributed by atoms with E-state index in [9.17, 15) is 13.2 Å². The molecule has 0 amide bonds. The molecular weight excluding hydrogens is 410 g/mol. The summed E-state index contributed by atoms with van der Waals surface area (Å²) in [6.07, 6.45) is 2.09. The van der Waals surface area contributed by atoms with E-state index >= 15 is 0 Å². The molecule has 1 saturated heterocycles. The molecule has 0 N–H and O–H groups in total. The Morgan fingerprint density at radius 1 is 1.17 bits per heavy atom. The summed E-state index contributed by atoms with van der Waals surface area (Å²) in [5.41, 5.74) is 0.715. The van der Waals surface area contributed by atoms with E-state index in [-0.39, 0.29) is 17.0 Å². The Labute approximate surface area is 173 Å². The van der Waals surface area contributed by atoms with Crippen LogP contribution in [0.15, 0.2) is 36.8 Å². The zero-order valence-corrected chi connectivity index (χ0v) is 17.5. The lowest BCUT2D eigenvalue weighted by molar-refractivity contribution is 0.196. The highest BCUT2D eigenvalue weighted by atomic mass is 32.2. The van der Waals surface area contributed by atoms with E-state index in [1.807, 2.05) is 0 Å². The SMILES string of the molecule is CCN1CCN(S(=O)(=O)c2ccc3c(c2)oc(=O)n3Cc2noc(C3CC3)n2)CC1. The minimum absolute atomic E-state index is 0.104. The molecule has 160 valence electrons. The van der Waals surface area contributed by atoms with Gasteiger partial charge in [-0.25, -0.2) is 13.2 Å². The summed E-state index contributed by atoms with van der Waals surface area (Å²) in [5.74, 6) is 0.736. The summed E-state index contributed by atoms with van der Waals surface area (Å²) in [5, 5.41) is 3.94. The quantitative estimate of drug-likeness (QED) is 0.570. The maximum absolute atomic E-state index is 13.0. The second-order valence-electron chi connectivity index (χ2n) is 7.75. The molecule has 1 aliphatic heterocycles. The second kappa shape index (κ2) is 7.33. The Hall–Kier alpha value is -2.50. The molecule has 5 rings (SSSR count). The molecule has 0 unspecified atom stereocenters. The minimum atomic E-state index is -3.65. The molecule has 30 heavy (non-hydrogen) atoms. The Bertz CT molecular complexity index is 1230. The van der Waals surface area contributed by atoms with Crippen molar-refractivity contribution in [3.63, 3.8) is 0 Å². The summed E-state index contributed by atoms with van der Waals surface area (Å²) < 4.78 is 39.5. The minimum Gasteiger partial charge on any atom is -0.408 e. The number of fused-ring (bicyclic) bond motifs is 1. The van der Waals surface area contributed by atoms with Crippen LogP contribution in [0.5, 0.6) is 0 Å². The number of benzene rings is 1. The zero-order chi connectivity index (χ0) is 20.9. The molecule has 1 saturated carbocycles. The number of oxazole rings is 1. The van der Waals surface area contributed by atoms with Gasteiger partial charge in [0.15, 0.2) is 11.4 Å². The summed E-state index contributed by atoms with van der Waals surface area (Å²) >= 11 is 0. The number of rotatable bonds is 6. The van der Waals surface area contributed by atoms with E-state index in [1.54, 1.807) is 6.07 Å². The third-order valence-electron chi connectivity index (χ3n) is 5.77. The monoisotopic (exact) mass is 433 g/mol. The van der Waals surface area contributed by atoms with Gasteiger partial charge in [0.25, 0.3) is 0 Å². The Kier molecular flexibility index (Phi) is 4.75. The maximum Gasteiger partial charge on any atom is 0.420 e. The highest BCUT2D eigenvalue weighted by molar-refractivity contribution is 7.89. The third kappa shape index (κ3) is 3.46. The fourth-order valence-electron chi connectivity index (χ4n) is 3.76. The molecule has 2 aromatic heterocycles. The maximum atomic E-state index is 13.0. The van der Waals surface area contributed by atoms with Crippen LogP contribution in [-0.2, 0) is 16.6 Å². The number of sulfonamides is 1. The Balaban J connectivity index is 1.41. The molecule has 10 nitrogen and oxygen atoms in total. The van der Waals surface area contributed by atoms with E-state index in [2.05, 4.69) is 22.0 Å². The van der Waals surface area contributed by atoms with Crippen LogP contribution in [0.3, 0.4) is 0 Å². The van der Waals surface area contributed by atoms with E-state index in [0.29, 0.717) is 49.3 Å². The van der Waals surface area contributed by atoms with Gasteiger partial charge in [0.05, 0.1) is 17.0 Å². The van der Waals surface area contributed by atoms with Gasteiger partial charge in [-0.1, -0.05) is 12.1 Å². The summed E-state index contributed by atoms with van der Waals surface area (Å²) in [7, 11) is -3.65. The lowest BCUT2D eigenvalue weighted by atomic mass is 10.3. The summed E-state index contributed by atoms with van der Waals surface area (Å²) in [4.78, 5) is 19.0. The van der Waals surface area contributed by atoms with E-state index in [4.69, 9.17) is 8.94 Å². The number of aromatic nitrogens is 3. The molecule has 0 atom stereocenters. The van der Waals surface area contributed by atoms with Crippen LogP contribution in [-0.4, -0.2) is 65.1 Å². The van der Waals surface area contributed by atoms with Crippen molar-refractivity contribution < 1.29 is 17.4 Å². The zero-order valence-electron chi connectivity index (χ0n) is 16.7. The van der Waals surface area contributed by atoms with Gasteiger partial charge in [-0.05, 0) is 31.5 Å². The molecule has 1 aliphatic carbocycles. The topological polar surface area (TPSA) is 115 Å². The predicted molar refractivity (Wildman–Crippen MR) is 107 cm³/mol. The summed E-state index contributed by atoms with van der Waals surface area (Å²) in [6.45, 7) is 5.37. The predicted octanol–water partition coefficient (Wildman–Crippen LogP) is 1.23. The van der Waals surface area contributed by atoms with Crippen molar-refractivity contribution in [1.29, 1.82) is 0 Å². The highest BCUT2D eigenvalue weighted by Gasteiger charge is 2.30. The van der Waals surface area contributed by atoms with Crippen molar-refractivity contribution in [2.45, 2.75) is 37.1 Å². The molecule has 0 bridgehead atoms. The smallest absolute Gasteiger partial charge is 0.408 e. The van der Waals surface area contributed by atoms with Crippen LogP contribution in [0, 0.1) is 0 Å². The molecule has 11 heteroatoms. The lowest BCUT2D eigenvalue weighted by Gasteiger charge is -2.33. The third-order valence-corrected chi connectivity index (χ3v) is 7.66. The van der Waals surface area contributed by atoms with E-state index < -0.39 is 15.8 Å². The number of nitrogens with zero attached hydrogens (tertiary/aromatic N) is 5. The first-order valence-corrected chi connectivity index (χ1v) is 11.6. The van der Waals surface area contributed by atoms with Crippen LogP contribution < -0.4 is 5.76 Å². The average molecular weight is 433 g/mol. The van der Waals surface area contributed by atoms with Gasteiger partial charge in [0.1, 0.15) is 0 Å². The van der Waals surface area contributed by atoms with Gasteiger partial charge < -0.3 is 13.8 Å². The van der Waals surface area contributed by atoms with E-state index in [1.165, 1.54) is 21.0 Å². The largest absolute Gasteiger partial charge is 0.420 e. The normalized spacial score (nSPS) is 19.0. The molecule has 2 fully saturated rings. The first-order valence-electron chi connectivity index (χ1n) is 10.1. The average Bonchev–Trinajstić information content (AvgIpc) is 3.42. The number of piperazine rings is 1. The summed E-state index contributed by atoms with van der Waals surface area (Å²) in [6, 6.07) is 4.53. The number of hydrogen-bond donors (Lipinski definition) is 0. The first kappa shape index (κ1) is 19.5. The van der Waals surface area contributed by atoms with Crippen LogP contribution in [0.4, 0.5) is 0 Å². The molecule has 3 heterocycles. The first-order chi connectivity index (χ1) is 14.5. The molecule has 0 spiro atoms. The van der Waals surface area contributed by atoms with Crippen molar-refractivity contribution in [3.05, 3.63) is 40.5 Å². The Morgan fingerprint density at radius 2 is 1.93 bits per heavy atom. The number of likely N-dealkylation sites (N-methyl/N-ethyl adjacent to an activating group) is 1. The van der Waals surface area contributed by atoms with Crippen molar-refractivity contribution in [2.75, 3.05) is 32.7 Å². The highest BCUT2D eigenvalue weighted by Crippen LogP contribution is 2.38. The van der Waals surface area contributed by atoms with Gasteiger partial charge in [-0.15, -0.1) is 0 Å². The van der Waals surface area contributed by atoms with E-state index in [0.717, 1.165) is 19.4 Å². The van der Waals surface area contributed by atoms with Crippen LogP contribution in [0.25, 0.3) is 11.1 Å². The van der Waals surface area contributed by atoms with Crippen LogP contribution in [0.1, 0.15) is 37.4 Å². The van der Waals surface area contributed by atoms with Gasteiger partial charge in [-0.3, -0.25) is 4.57 Å². The van der Waals surface area contributed by atoms with Crippen molar-refractivity contribution >= 4 is 21.1 Å². The lowest BCUT2D eigenvalue weighted by Crippen LogP contribution is -2.48. The fourth-order valence-corrected chi connectivity index (χ4v) is 5.20. The van der Waals surface area contributed by atoms with Gasteiger partial charge in [0, 0.05) is 38.2 Å². The molecule has 2 aliphatic rings. The van der Waals surface area contributed by atoms with Crippen LogP contribution in [0.2, 0.25) is 0 Å². The molecule has 1 aromatic carbocycles. The Morgan fingerprint density at radius 3 is 2.63 bits per heavy atom. The van der Waals surface area contributed by atoms with Gasteiger partial charge in [0.2, 0.25) is 15.9 Å². The standard InChI is InChI=1S/C19H23N5O5S/c1-2-22-7-9-23(10-8-22)30(26,27)14-5-6-15-16(11-14)28-19(25)24(15)12-17-20-18(29-21-17)13-3-4-13/h5-6,11,13H,2-4,7-10,12H2,1H3. The van der Waals surface area contributed by atoms with Gasteiger partial charge >= 0.3 is 5.76 Å². The van der Waals surface area contributed by atoms with Crippen molar-refractivity contribution in [3.8, 4) is 0 Å². The van der Waals surface area contributed by atoms with Gasteiger partial charge in [-0.2, -0.15) is 9.29 Å². The molecular formula is C19H23N5O5S. The van der Waals surface area contributed by atoms with Crippen molar-refractivity contribution in [1.82, 2.24) is 23.9 Å².